The number of benzene rings is 1. The van der Waals surface area contributed by atoms with E-state index in [1.165, 1.54) is 11.1 Å². The summed E-state index contributed by atoms with van der Waals surface area (Å²) in [5.74, 6) is 0.998. The molecule has 0 aliphatic carbocycles. The number of likely N-dealkylation sites (tertiary alicyclic amines) is 1. The molecular weight excluding hydrogens is 450 g/mol. The van der Waals surface area contributed by atoms with Gasteiger partial charge in [0, 0.05) is 68.8 Å². The number of morpholine rings is 1. The van der Waals surface area contributed by atoms with Crippen LogP contribution in [0, 0.1) is 11.3 Å². The molecule has 3 atom stereocenters. The average molecular weight is 484 g/mol. The van der Waals surface area contributed by atoms with Crippen molar-refractivity contribution in [1.29, 1.82) is 5.26 Å². The van der Waals surface area contributed by atoms with E-state index in [9.17, 15) is 5.26 Å². The molecule has 5 heterocycles. The summed E-state index contributed by atoms with van der Waals surface area (Å²) in [4.78, 5) is 14.1. The van der Waals surface area contributed by atoms with Crippen molar-refractivity contribution in [2.24, 2.45) is 0 Å². The normalized spacial score (nSPS) is 24.4. The third-order valence-corrected chi connectivity index (χ3v) is 7.59. The molecule has 0 bridgehead atoms. The molecule has 36 heavy (non-hydrogen) atoms. The molecule has 2 fully saturated rings. The third-order valence-electron chi connectivity index (χ3n) is 7.59. The highest BCUT2D eigenvalue weighted by Crippen LogP contribution is 2.30. The number of hydrogen-bond acceptors (Lipinski definition) is 8. The van der Waals surface area contributed by atoms with Crippen LogP contribution >= 0.6 is 0 Å². The lowest BCUT2D eigenvalue weighted by Gasteiger charge is -2.40. The highest BCUT2D eigenvalue weighted by Gasteiger charge is 2.31. The maximum Gasteiger partial charge on any atom is 0.126 e. The van der Waals surface area contributed by atoms with Gasteiger partial charge in [0.1, 0.15) is 11.9 Å². The Morgan fingerprint density at radius 3 is 3.06 bits per heavy atom. The van der Waals surface area contributed by atoms with Gasteiger partial charge in [-0.2, -0.15) is 5.26 Å². The first-order chi connectivity index (χ1) is 17.7. The molecule has 3 aliphatic rings. The minimum atomic E-state index is 0.129. The van der Waals surface area contributed by atoms with E-state index >= 15 is 0 Å². The van der Waals surface area contributed by atoms with Crippen molar-refractivity contribution >= 4 is 22.4 Å². The Hall–Kier alpha value is -3.25. The summed E-state index contributed by atoms with van der Waals surface area (Å²) in [5.41, 5.74) is 5.25. The molecule has 186 valence electrons. The van der Waals surface area contributed by atoms with E-state index < -0.39 is 0 Å². The molecule has 8 nitrogen and oxygen atoms in total. The Balaban J connectivity index is 1.10. The number of nitrogens with zero attached hydrogens (tertiary/aromatic N) is 5. The molecule has 0 saturated carbocycles. The second kappa shape index (κ2) is 10.0. The van der Waals surface area contributed by atoms with Gasteiger partial charge in [-0.1, -0.05) is 0 Å². The Morgan fingerprint density at radius 1 is 1.19 bits per heavy atom. The van der Waals surface area contributed by atoms with Gasteiger partial charge < -0.3 is 20.3 Å². The molecule has 3 aromatic rings. The number of hydrogen-bond donors (Lipinski definition) is 2. The summed E-state index contributed by atoms with van der Waals surface area (Å²) in [6.07, 6.45) is 6.22. The molecule has 0 spiro atoms. The average Bonchev–Trinajstić information content (AvgIpc) is 3.34. The first kappa shape index (κ1) is 23.2. The highest BCUT2D eigenvalue weighted by molar-refractivity contribution is 5.95. The fourth-order valence-corrected chi connectivity index (χ4v) is 5.92. The monoisotopic (exact) mass is 483 g/mol. The molecule has 6 rings (SSSR count). The van der Waals surface area contributed by atoms with Crippen molar-refractivity contribution in [1.82, 2.24) is 20.2 Å². The first-order valence-electron chi connectivity index (χ1n) is 13.0. The largest absolute Gasteiger partial charge is 0.370 e. The van der Waals surface area contributed by atoms with Crippen LogP contribution in [0.4, 0.5) is 11.5 Å². The van der Waals surface area contributed by atoms with E-state index in [1.807, 2.05) is 18.3 Å². The van der Waals surface area contributed by atoms with Gasteiger partial charge in [-0.15, -0.1) is 0 Å². The van der Waals surface area contributed by atoms with Crippen LogP contribution in [0.15, 0.2) is 42.7 Å². The fourth-order valence-electron chi connectivity index (χ4n) is 5.92. The summed E-state index contributed by atoms with van der Waals surface area (Å²) in [5, 5.41) is 17.6. The quantitative estimate of drug-likeness (QED) is 0.573. The minimum Gasteiger partial charge on any atom is -0.370 e. The predicted octanol–water partition coefficient (Wildman–Crippen LogP) is 2.93. The van der Waals surface area contributed by atoms with Crippen molar-refractivity contribution in [2.45, 2.75) is 44.6 Å². The van der Waals surface area contributed by atoms with Gasteiger partial charge in [0.05, 0.1) is 23.3 Å². The molecule has 1 unspecified atom stereocenters. The first-order valence-corrected chi connectivity index (χ1v) is 13.0. The number of ether oxygens (including phenoxy) is 1. The lowest BCUT2D eigenvalue weighted by atomic mass is 10.0. The molecule has 8 heteroatoms. The minimum absolute atomic E-state index is 0.129. The summed E-state index contributed by atoms with van der Waals surface area (Å²) in [6.45, 7) is 8.74. The number of anilines is 2. The number of rotatable bonds is 5. The smallest absolute Gasteiger partial charge is 0.126 e. The zero-order valence-electron chi connectivity index (χ0n) is 20.8. The van der Waals surface area contributed by atoms with Crippen molar-refractivity contribution in [3.05, 3.63) is 59.4 Å². The van der Waals surface area contributed by atoms with Gasteiger partial charge in [-0.3, -0.25) is 9.88 Å². The number of nitrogens with one attached hydrogen (secondary N) is 2. The Kier molecular flexibility index (Phi) is 6.45. The zero-order valence-corrected chi connectivity index (χ0v) is 20.8. The Morgan fingerprint density at radius 2 is 2.14 bits per heavy atom. The van der Waals surface area contributed by atoms with Crippen molar-refractivity contribution in [3.8, 4) is 6.07 Å². The van der Waals surface area contributed by atoms with Crippen LogP contribution in [-0.2, 0) is 17.7 Å². The van der Waals surface area contributed by atoms with E-state index in [-0.39, 0.29) is 12.2 Å². The maximum atomic E-state index is 9.51. The summed E-state index contributed by atoms with van der Waals surface area (Å²) >= 11 is 0. The zero-order chi connectivity index (χ0) is 24.5. The van der Waals surface area contributed by atoms with Crippen molar-refractivity contribution in [3.63, 3.8) is 0 Å². The second-order valence-electron chi connectivity index (χ2n) is 10.3. The Labute approximate surface area is 212 Å². The third kappa shape index (κ3) is 4.74. The van der Waals surface area contributed by atoms with E-state index in [0.29, 0.717) is 11.6 Å². The van der Waals surface area contributed by atoms with Crippen LogP contribution in [0.1, 0.15) is 30.0 Å². The molecule has 0 amide bonds. The van der Waals surface area contributed by atoms with E-state index in [4.69, 9.17) is 4.74 Å². The van der Waals surface area contributed by atoms with Crippen LogP contribution in [-0.4, -0.2) is 72.4 Å². The lowest BCUT2D eigenvalue weighted by molar-refractivity contribution is -0.0294. The molecule has 3 aliphatic heterocycles. The van der Waals surface area contributed by atoms with E-state index in [0.717, 1.165) is 81.1 Å². The fraction of sp³-hybridized carbons (Fsp3) is 0.464. The van der Waals surface area contributed by atoms with Crippen LogP contribution in [0.3, 0.4) is 0 Å². The van der Waals surface area contributed by atoms with Gasteiger partial charge in [0.25, 0.3) is 0 Å². The SMILES string of the molecule is C[C@@H]1CN(c2ccc(C#N)c3ncccc23)C[C@H](CN2CCC(Nc3cc4c(cn3)CNCC4)C2)O1. The second-order valence-corrected chi connectivity index (χ2v) is 10.3. The van der Waals surface area contributed by atoms with Crippen LogP contribution in [0.2, 0.25) is 0 Å². The van der Waals surface area contributed by atoms with Gasteiger partial charge >= 0.3 is 0 Å². The highest BCUT2D eigenvalue weighted by atomic mass is 16.5. The standard InChI is InChI=1S/C28H33N7O/c1-19-15-35(26-5-4-21(12-29)28-25(26)3-2-8-31-28)18-24(36-19)17-34-10-7-23(16-34)33-27-11-20-6-9-30-13-22(20)14-32-27/h2-5,8,11,14,19,23-24,30H,6-7,9-10,13,15-18H2,1H3,(H,32,33)/t19-,23?,24+/m1/s1. The molecular formula is C28H33N7O. The number of pyridine rings is 2. The van der Waals surface area contributed by atoms with Crippen molar-refractivity contribution < 1.29 is 4.74 Å². The molecule has 2 aromatic heterocycles. The topological polar surface area (TPSA) is 89.3 Å². The lowest BCUT2D eigenvalue weighted by Crippen LogP contribution is -2.50. The van der Waals surface area contributed by atoms with Gasteiger partial charge in [-0.25, -0.2) is 4.98 Å². The summed E-state index contributed by atoms with van der Waals surface area (Å²) < 4.78 is 6.38. The summed E-state index contributed by atoms with van der Waals surface area (Å²) in [6, 6.07) is 12.9. The molecule has 0 radical (unpaired) electrons. The maximum absolute atomic E-state index is 9.51. The predicted molar refractivity (Wildman–Crippen MR) is 141 cm³/mol. The van der Waals surface area contributed by atoms with E-state index in [1.54, 1.807) is 6.20 Å². The van der Waals surface area contributed by atoms with E-state index in [2.05, 4.69) is 61.6 Å². The van der Waals surface area contributed by atoms with Crippen LogP contribution in [0.5, 0.6) is 0 Å². The molecule has 1 aromatic carbocycles. The molecule has 2 N–H and O–H groups in total. The summed E-state index contributed by atoms with van der Waals surface area (Å²) in [7, 11) is 0. The number of fused-ring (bicyclic) bond motifs is 2. The van der Waals surface area contributed by atoms with Crippen LogP contribution < -0.4 is 15.5 Å². The van der Waals surface area contributed by atoms with Crippen LogP contribution in [0.25, 0.3) is 10.9 Å². The van der Waals surface area contributed by atoms with Gasteiger partial charge in [0.15, 0.2) is 0 Å². The molecule has 2 saturated heterocycles. The number of aromatic nitrogens is 2. The Bertz CT molecular complexity index is 1290. The van der Waals surface area contributed by atoms with Crippen molar-refractivity contribution in [2.75, 3.05) is 49.5 Å². The number of nitriles is 1. The van der Waals surface area contributed by atoms with Gasteiger partial charge in [0.2, 0.25) is 0 Å². The van der Waals surface area contributed by atoms with Gasteiger partial charge in [-0.05, 0) is 67.8 Å².